The zero-order valence-corrected chi connectivity index (χ0v) is 17.0. The lowest BCUT2D eigenvalue weighted by Gasteiger charge is -2.14. The summed E-state index contributed by atoms with van der Waals surface area (Å²) in [5, 5.41) is 5.31. The van der Waals surface area contributed by atoms with Gasteiger partial charge in [-0.15, -0.1) is 0 Å². The van der Waals surface area contributed by atoms with Crippen molar-refractivity contribution in [2.24, 2.45) is 0 Å². The molecule has 0 unspecified atom stereocenters. The SMILES string of the molecule is CC(=O)Nc1ccc(NC(=O)[C@H](C)OC(=O)c2ccc(COC(C)C)cc2)cc1. The van der Waals surface area contributed by atoms with Gasteiger partial charge >= 0.3 is 5.97 Å². The molecule has 2 amide bonds. The van der Waals surface area contributed by atoms with E-state index < -0.39 is 18.0 Å². The van der Waals surface area contributed by atoms with Gasteiger partial charge in [-0.05, 0) is 62.7 Å². The molecule has 2 aromatic carbocycles. The first-order valence-electron chi connectivity index (χ1n) is 9.34. The van der Waals surface area contributed by atoms with Crippen LogP contribution in [0.5, 0.6) is 0 Å². The van der Waals surface area contributed by atoms with Crippen LogP contribution in [0.25, 0.3) is 0 Å². The van der Waals surface area contributed by atoms with Crippen molar-refractivity contribution in [1.82, 2.24) is 0 Å². The maximum absolute atomic E-state index is 12.3. The van der Waals surface area contributed by atoms with Crippen molar-refractivity contribution < 1.29 is 23.9 Å². The number of nitrogens with one attached hydrogen (secondary N) is 2. The third-order valence-corrected chi connectivity index (χ3v) is 3.90. The molecule has 0 heterocycles. The minimum atomic E-state index is -0.971. The smallest absolute Gasteiger partial charge is 0.338 e. The van der Waals surface area contributed by atoms with Gasteiger partial charge in [0.25, 0.3) is 5.91 Å². The van der Waals surface area contributed by atoms with Gasteiger partial charge in [-0.3, -0.25) is 9.59 Å². The quantitative estimate of drug-likeness (QED) is 0.661. The van der Waals surface area contributed by atoms with E-state index in [9.17, 15) is 14.4 Å². The van der Waals surface area contributed by atoms with Crippen LogP contribution in [-0.4, -0.2) is 30.0 Å². The number of benzene rings is 2. The van der Waals surface area contributed by atoms with Crippen molar-refractivity contribution in [2.45, 2.75) is 46.5 Å². The van der Waals surface area contributed by atoms with E-state index >= 15 is 0 Å². The summed E-state index contributed by atoms with van der Waals surface area (Å²) in [4.78, 5) is 35.6. The molecule has 2 N–H and O–H groups in total. The Morgan fingerprint density at radius 1 is 0.862 bits per heavy atom. The number of carbonyl (C=O) groups is 3. The second kappa shape index (κ2) is 10.4. The van der Waals surface area contributed by atoms with Gasteiger partial charge in [-0.25, -0.2) is 4.79 Å². The van der Waals surface area contributed by atoms with Crippen LogP contribution in [0.2, 0.25) is 0 Å². The van der Waals surface area contributed by atoms with Crippen molar-refractivity contribution in [2.75, 3.05) is 10.6 Å². The molecule has 7 nitrogen and oxygen atoms in total. The number of hydrogen-bond donors (Lipinski definition) is 2. The van der Waals surface area contributed by atoms with Crippen molar-refractivity contribution in [3.63, 3.8) is 0 Å². The molecule has 7 heteroatoms. The van der Waals surface area contributed by atoms with Crippen LogP contribution in [0.1, 0.15) is 43.6 Å². The Balaban J connectivity index is 1.88. The van der Waals surface area contributed by atoms with E-state index in [1.807, 2.05) is 13.8 Å². The average molecular weight is 398 g/mol. The van der Waals surface area contributed by atoms with Gasteiger partial charge < -0.3 is 20.1 Å². The highest BCUT2D eigenvalue weighted by molar-refractivity contribution is 5.97. The first-order chi connectivity index (χ1) is 13.7. The molecular weight excluding hydrogens is 372 g/mol. The second-order valence-electron chi connectivity index (χ2n) is 6.85. The summed E-state index contributed by atoms with van der Waals surface area (Å²) in [5.41, 5.74) is 2.46. The second-order valence-corrected chi connectivity index (χ2v) is 6.85. The fourth-order valence-corrected chi connectivity index (χ4v) is 2.37. The molecule has 0 fully saturated rings. The largest absolute Gasteiger partial charge is 0.449 e. The van der Waals surface area contributed by atoms with Gasteiger partial charge in [-0.2, -0.15) is 0 Å². The van der Waals surface area contributed by atoms with Crippen LogP contribution in [0, 0.1) is 0 Å². The third-order valence-electron chi connectivity index (χ3n) is 3.90. The molecule has 1 atom stereocenters. The summed E-state index contributed by atoms with van der Waals surface area (Å²) in [6.07, 6.45) is -0.845. The van der Waals surface area contributed by atoms with Crippen LogP contribution in [0.15, 0.2) is 48.5 Å². The standard InChI is InChI=1S/C22H26N2O5/c1-14(2)28-13-17-5-7-18(8-6-17)22(27)29-15(3)21(26)24-20-11-9-19(10-12-20)23-16(4)25/h5-12,14-15H,13H2,1-4H3,(H,23,25)(H,24,26)/t15-/m0/s1. The number of esters is 1. The highest BCUT2D eigenvalue weighted by Crippen LogP contribution is 2.15. The monoisotopic (exact) mass is 398 g/mol. The Hall–Kier alpha value is -3.19. The van der Waals surface area contributed by atoms with Crippen molar-refractivity contribution in [3.8, 4) is 0 Å². The Labute approximate surface area is 170 Å². The summed E-state index contributed by atoms with van der Waals surface area (Å²) < 4.78 is 10.8. The summed E-state index contributed by atoms with van der Waals surface area (Å²) >= 11 is 0. The lowest BCUT2D eigenvalue weighted by atomic mass is 10.1. The predicted octanol–water partition coefficient (Wildman–Crippen LogP) is 3.75. The summed E-state index contributed by atoms with van der Waals surface area (Å²) in [6, 6.07) is 13.5. The number of carbonyl (C=O) groups excluding carboxylic acids is 3. The van der Waals surface area contributed by atoms with Gasteiger partial charge in [0.2, 0.25) is 5.91 Å². The molecule has 0 radical (unpaired) electrons. The molecule has 0 aliphatic rings. The first-order valence-corrected chi connectivity index (χ1v) is 9.34. The molecule has 0 spiro atoms. The number of anilines is 2. The van der Waals surface area contributed by atoms with E-state index in [1.54, 1.807) is 48.5 Å². The van der Waals surface area contributed by atoms with E-state index in [1.165, 1.54) is 13.8 Å². The van der Waals surface area contributed by atoms with Crippen molar-refractivity contribution in [1.29, 1.82) is 0 Å². The highest BCUT2D eigenvalue weighted by Gasteiger charge is 2.19. The highest BCUT2D eigenvalue weighted by atomic mass is 16.5. The van der Waals surface area contributed by atoms with Gasteiger partial charge in [-0.1, -0.05) is 12.1 Å². The van der Waals surface area contributed by atoms with Gasteiger partial charge in [0.05, 0.1) is 18.3 Å². The maximum Gasteiger partial charge on any atom is 0.338 e. The first kappa shape index (κ1) is 22.1. The fraction of sp³-hybridized carbons (Fsp3) is 0.318. The lowest BCUT2D eigenvalue weighted by Crippen LogP contribution is -2.30. The topological polar surface area (TPSA) is 93.7 Å². The van der Waals surface area contributed by atoms with Gasteiger partial charge in [0, 0.05) is 18.3 Å². The molecule has 29 heavy (non-hydrogen) atoms. The molecule has 0 aliphatic carbocycles. The molecule has 0 bridgehead atoms. The Morgan fingerprint density at radius 2 is 1.41 bits per heavy atom. The molecule has 0 saturated heterocycles. The van der Waals surface area contributed by atoms with E-state index in [4.69, 9.17) is 9.47 Å². The van der Waals surface area contributed by atoms with E-state index in [2.05, 4.69) is 10.6 Å². The van der Waals surface area contributed by atoms with E-state index in [-0.39, 0.29) is 12.0 Å². The third kappa shape index (κ3) is 7.38. The summed E-state index contributed by atoms with van der Waals surface area (Å²) in [6.45, 7) is 7.29. The van der Waals surface area contributed by atoms with Gasteiger partial charge in [0.1, 0.15) is 0 Å². The van der Waals surface area contributed by atoms with E-state index in [0.29, 0.717) is 23.5 Å². The molecule has 0 aliphatic heterocycles. The van der Waals surface area contributed by atoms with Crippen LogP contribution in [0.4, 0.5) is 11.4 Å². The van der Waals surface area contributed by atoms with Crippen molar-refractivity contribution >= 4 is 29.2 Å². The number of hydrogen-bond acceptors (Lipinski definition) is 5. The number of ether oxygens (including phenoxy) is 2. The average Bonchev–Trinajstić information content (AvgIpc) is 2.67. The molecule has 2 aromatic rings. The zero-order valence-electron chi connectivity index (χ0n) is 17.0. The normalized spacial score (nSPS) is 11.6. The molecule has 154 valence electrons. The van der Waals surface area contributed by atoms with Crippen LogP contribution in [-0.2, 0) is 25.7 Å². The Morgan fingerprint density at radius 3 is 1.93 bits per heavy atom. The molecule has 0 aromatic heterocycles. The number of amides is 2. The molecular formula is C22H26N2O5. The van der Waals surface area contributed by atoms with E-state index in [0.717, 1.165) is 5.56 Å². The number of rotatable bonds is 8. The predicted molar refractivity (Wildman–Crippen MR) is 111 cm³/mol. The maximum atomic E-state index is 12.3. The van der Waals surface area contributed by atoms with Crippen LogP contribution < -0.4 is 10.6 Å². The summed E-state index contributed by atoms with van der Waals surface area (Å²) in [7, 11) is 0. The molecule has 0 saturated carbocycles. The summed E-state index contributed by atoms with van der Waals surface area (Å²) in [5.74, 6) is -1.21. The lowest BCUT2D eigenvalue weighted by molar-refractivity contribution is -0.123. The Kier molecular flexibility index (Phi) is 7.91. The molecule has 2 rings (SSSR count). The van der Waals surface area contributed by atoms with Crippen LogP contribution >= 0.6 is 0 Å². The fourth-order valence-electron chi connectivity index (χ4n) is 2.37. The Bertz CT molecular complexity index is 845. The zero-order chi connectivity index (χ0) is 21.4. The van der Waals surface area contributed by atoms with Gasteiger partial charge in [0.15, 0.2) is 6.10 Å². The van der Waals surface area contributed by atoms with Crippen molar-refractivity contribution in [3.05, 3.63) is 59.7 Å². The minimum absolute atomic E-state index is 0.126. The van der Waals surface area contributed by atoms with Crippen LogP contribution in [0.3, 0.4) is 0 Å². The minimum Gasteiger partial charge on any atom is -0.449 e.